The number of ether oxygens (including phenoxy) is 4. The van der Waals surface area contributed by atoms with Gasteiger partial charge in [0.05, 0.1) is 24.9 Å². The van der Waals surface area contributed by atoms with Crippen molar-refractivity contribution in [3.63, 3.8) is 0 Å². The molecule has 0 radical (unpaired) electrons. The summed E-state index contributed by atoms with van der Waals surface area (Å²) >= 11 is 0. The third-order valence-corrected chi connectivity index (χ3v) is 6.58. The van der Waals surface area contributed by atoms with Crippen LogP contribution in [0.3, 0.4) is 0 Å². The molecule has 8 heteroatoms. The molecule has 37 heavy (non-hydrogen) atoms. The van der Waals surface area contributed by atoms with Crippen LogP contribution >= 0.6 is 0 Å². The van der Waals surface area contributed by atoms with Crippen molar-refractivity contribution in [3.05, 3.63) is 89.1 Å². The Bertz CT molecular complexity index is 1450. The van der Waals surface area contributed by atoms with E-state index in [4.69, 9.17) is 18.9 Å². The number of amides is 1. The molecule has 0 fully saturated rings. The first-order valence-corrected chi connectivity index (χ1v) is 12.4. The van der Waals surface area contributed by atoms with Crippen LogP contribution in [0.25, 0.3) is 11.3 Å². The van der Waals surface area contributed by atoms with E-state index in [1.165, 1.54) is 0 Å². The first-order chi connectivity index (χ1) is 18.2. The number of carbonyl (C=O) groups is 1. The highest BCUT2D eigenvalue weighted by atomic mass is 16.7. The summed E-state index contributed by atoms with van der Waals surface area (Å²) in [5.41, 5.74) is 4.91. The lowest BCUT2D eigenvalue weighted by Gasteiger charge is -2.27. The van der Waals surface area contributed by atoms with Crippen LogP contribution in [0.1, 0.15) is 47.1 Å². The number of H-pyrrole nitrogens is 1. The second-order valence-electron chi connectivity index (χ2n) is 8.82. The molecule has 0 bridgehead atoms. The van der Waals surface area contributed by atoms with Gasteiger partial charge in [-0.2, -0.15) is 5.10 Å². The summed E-state index contributed by atoms with van der Waals surface area (Å²) in [4.78, 5) is 15.6. The molecule has 8 nitrogen and oxygen atoms in total. The van der Waals surface area contributed by atoms with Gasteiger partial charge in [0.2, 0.25) is 6.79 Å². The van der Waals surface area contributed by atoms with E-state index in [2.05, 4.69) is 10.2 Å². The third-order valence-electron chi connectivity index (χ3n) is 6.58. The summed E-state index contributed by atoms with van der Waals surface area (Å²) < 4.78 is 22.7. The Balaban J connectivity index is 1.46. The molecule has 6 rings (SSSR count). The molecule has 4 aromatic rings. The zero-order valence-electron chi connectivity index (χ0n) is 20.7. The number of carbonyl (C=O) groups excluding carboxylic acids is 1. The SMILES string of the molecule is CCOc1ccc(C2c3c(-c4ccccc4)n[nH]c3C(=O)N2Cc2ccc3c(c2)OCO3)cc1OCC. The number of hydrogen-bond donors (Lipinski definition) is 1. The highest BCUT2D eigenvalue weighted by molar-refractivity contribution is 6.00. The Hall–Kier alpha value is -4.46. The Labute approximate surface area is 214 Å². The van der Waals surface area contributed by atoms with E-state index in [1.807, 2.05) is 85.5 Å². The maximum atomic E-state index is 13.8. The van der Waals surface area contributed by atoms with Gasteiger partial charge in [0.15, 0.2) is 23.0 Å². The lowest BCUT2D eigenvalue weighted by molar-refractivity contribution is 0.0729. The lowest BCUT2D eigenvalue weighted by Crippen LogP contribution is -2.29. The highest BCUT2D eigenvalue weighted by Crippen LogP contribution is 2.45. The first-order valence-electron chi connectivity index (χ1n) is 12.4. The van der Waals surface area contributed by atoms with Crippen LogP contribution in [0.15, 0.2) is 66.7 Å². The number of aromatic nitrogens is 2. The average Bonchev–Trinajstić information content (AvgIpc) is 3.63. The quantitative estimate of drug-likeness (QED) is 0.353. The summed E-state index contributed by atoms with van der Waals surface area (Å²) in [5.74, 6) is 2.61. The Morgan fingerprint density at radius 3 is 2.54 bits per heavy atom. The van der Waals surface area contributed by atoms with Crippen molar-refractivity contribution in [2.24, 2.45) is 0 Å². The molecule has 1 amide bonds. The van der Waals surface area contributed by atoms with Crippen LogP contribution in [-0.4, -0.2) is 41.0 Å². The van der Waals surface area contributed by atoms with Gasteiger partial charge >= 0.3 is 0 Å². The molecule has 1 unspecified atom stereocenters. The van der Waals surface area contributed by atoms with Crippen LogP contribution in [-0.2, 0) is 6.54 Å². The number of rotatable bonds is 8. The molecule has 0 saturated heterocycles. The number of fused-ring (bicyclic) bond motifs is 2. The van der Waals surface area contributed by atoms with E-state index >= 15 is 0 Å². The Morgan fingerprint density at radius 1 is 0.946 bits per heavy atom. The molecule has 1 aromatic heterocycles. The van der Waals surface area contributed by atoms with Gasteiger partial charge < -0.3 is 23.8 Å². The molecule has 1 N–H and O–H groups in total. The molecule has 188 valence electrons. The summed E-state index contributed by atoms with van der Waals surface area (Å²) in [5, 5.41) is 7.59. The topological polar surface area (TPSA) is 85.9 Å². The van der Waals surface area contributed by atoms with Gasteiger partial charge in [-0.3, -0.25) is 9.89 Å². The average molecular weight is 498 g/mol. The van der Waals surface area contributed by atoms with Crippen molar-refractivity contribution in [1.29, 1.82) is 0 Å². The normalized spacial score (nSPS) is 15.7. The van der Waals surface area contributed by atoms with Crippen molar-refractivity contribution in [2.75, 3.05) is 20.0 Å². The molecule has 0 aliphatic carbocycles. The zero-order valence-corrected chi connectivity index (χ0v) is 20.7. The molecule has 2 aliphatic heterocycles. The van der Waals surface area contributed by atoms with Crippen LogP contribution in [0.2, 0.25) is 0 Å². The van der Waals surface area contributed by atoms with Crippen molar-refractivity contribution in [2.45, 2.75) is 26.4 Å². The maximum Gasteiger partial charge on any atom is 0.273 e. The molecular formula is C29H27N3O5. The van der Waals surface area contributed by atoms with Crippen molar-refractivity contribution >= 4 is 5.91 Å². The molecule has 2 aliphatic rings. The van der Waals surface area contributed by atoms with Crippen LogP contribution in [0.4, 0.5) is 0 Å². The smallest absolute Gasteiger partial charge is 0.273 e. The van der Waals surface area contributed by atoms with Gasteiger partial charge in [-0.05, 0) is 49.2 Å². The van der Waals surface area contributed by atoms with Crippen molar-refractivity contribution in [3.8, 4) is 34.3 Å². The predicted octanol–water partition coefficient (Wildman–Crippen LogP) is 5.35. The minimum Gasteiger partial charge on any atom is -0.490 e. The summed E-state index contributed by atoms with van der Waals surface area (Å²) in [6.45, 7) is 5.49. The summed E-state index contributed by atoms with van der Waals surface area (Å²) in [6, 6.07) is 21.2. The minimum absolute atomic E-state index is 0.112. The first kappa shape index (κ1) is 23.0. The number of aromatic amines is 1. The van der Waals surface area contributed by atoms with E-state index < -0.39 is 0 Å². The Morgan fingerprint density at radius 2 is 1.73 bits per heavy atom. The van der Waals surface area contributed by atoms with Gasteiger partial charge in [-0.25, -0.2) is 0 Å². The zero-order chi connectivity index (χ0) is 25.4. The Kier molecular flexibility index (Phi) is 5.92. The van der Waals surface area contributed by atoms with E-state index in [1.54, 1.807) is 0 Å². The fraction of sp³-hybridized carbons (Fsp3) is 0.241. The van der Waals surface area contributed by atoms with Crippen LogP contribution in [0, 0.1) is 0 Å². The molecular weight excluding hydrogens is 470 g/mol. The van der Waals surface area contributed by atoms with Crippen molar-refractivity contribution < 1.29 is 23.7 Å². The fourth-order valence-corrected chi connectivity index (χ4v) is 5.00. The molecule has 1 atom stereocenters. The van der Waals surface area contributed by atoms with Gasteiger partial charge in [-0.1, -0.05) is 42.5 Å². The minimum atomic E-state index is -0.378. The second kappa shape index (κ2) is 9.54. The van der Waals surface area contributed by atoms with E-state index in [9.17, 15) is 4.79 Å². The van der Waals surface area contributed by atoms with Gasteiger partial charge in [0, 0.05) is 17.7 Å². The number of nitrogens with zero attached hydrogens (tertiary/aromatic N) is 2. The number of nitrogens with one attached hydrogen (secondary N) is 1. The molecule has 3 heterocycles. The highest BCUT2D eigenvalue weighted by Gasteiger charge is 2.42. The van der Waals surface area contributed by atoms with Gasteiger partial charge in [-0.15, -0.1) is 0 Å². The van der Waals surface area contributed by atoms with Crippen LogP contribution in [0.5, 0.6) is 23.0 Å². The van der Waals surface area contributed by atoms with Crippen LogP contribution < -0.4 is 18.9 Å². The van der Waals surface area contributed by atoms with Gasteiger partial charge in [0.25, 0.3) is 5.91 Å². The van der Waals surface area contributed by atoms with E-state index in [-0.39, 0.29) is 18.7 Å². The lowest BCUT2D eigenvalue weighted by atomic mass is 9.95. The van der Waals surface area contributed by atoms with E-state index in [0.29, 0.717) is 48.5 Å². The molecule has 0 saturated carbocycles. The van der Waals surface area contributed by atoms with Gasteiger partial charge in [0.1, 0.15) is 5.69 Å². The number of hydrogen-bond acceptors (Lipinski definition) is 6. The summed E-state index contributed by atoms with van der Waals surface area (Å²) in [6.07, 6.45) is 0. The monoisotopic (exact) mass is 497 g/mol. The molecule has 0 spiro atoms. The molecule has 3 aromatic carbocycles. The predicted molar refractivity (Wildman–Crippen MR) is 137 cm³/mol. The summed E-state index contributed by atoms with van der Waals surface area (Å²) in [7, 11) is 0. The maximum absolute atomic E-state index is 13.8. The largest absolute Gasteiger partial charge is 0.490 e. The van der Waals surface area contributed by atoms with Crippen molar-refractivity contribution in [1.82, 2.24) is 15.1 Å². The second-order valence-corrected chi connectivity index (χ2v) is 8.82. The van der Waals surface area contributed by atoms with E-state index in [0.717, 1.165) is 27.9 Å². The standard InChI is InChI=1S/C29H27N3O5/c1-3-34-21-13-11-20(15-24(21)35-4-2)28-25-26(19-8-6-5-7-9-19)30-31-27(25)29(33)32(28)16-18-10-12-22-23(14-18)37-17-36-22/h5-15,28H,3-4,16-17H2,1-2H3,(H,30,31). The third kappa shape index (κ3) is 4.04. The fourth-order valence-electron chi connectivity index (χ4n) is 5.00. The number of benzene rings is 3.